The van der Waals surface area contributed by atoms with E-state index >= 15 is 0 Å². The summed E-state index contributed by atoms with van der Waals surface area (Å²) in [6, 6.07) is 5.86. The Balaban J connectivity index is 1.93. The lowest BCUT2D eigenvalue weighted by atomic mass is 10.0. The summed E-state index contributed by atoms with van der Waals surface area (Å²) in [6.45, 7) is 2.11. The van der Waals surface area contributed by atoms with Crippen molar-refractivity contribution in [3.8, 4) is 0 Å². The molecule has 124 valence electrons. The van der Waals surface area contributed by atoms with Crippen molar-refractivity contribution in [3.05, 3.63) is 39.9 Å². The van der Waals surface area contributed by atoms with E-state index in [1.54, 1.807) is 5.06 Å². The molecule has 0 spiro atoms. The standard InChI is InChI=1S/C17H23N3O3/c1-3-4-5-16-18-14-7-6-11(8-13(14)17(22)19-16)15-9-12(10-21)23-20(15)2/h6-8,12,15,21H,3-5,9-10H2,1-2H3,(H,18,19,22)/t12-,15+/m1/s1. The first-order valence-electron chi connectivity index (χ1n) is 8.15. The second-order valence-corrected chi connectivity index (χ2v) is 6.10. The lowest BCUT2D eigenvalue weighted by molar-refractivity contribution is -0.153. The predicted molar refractivity (Wildman–Crippen MR) is 88.1 cm³/mol. The number of rotatable bonds is 5. The van der Waals surface area contributed by atoms with Gasteiger partial charge in [0.25, 0.3) is 5.56 Å². The average molecular weight is 317 g/mol. The molecule has 3 rings (SSSR count). The molecule has 0 radical (unpaired) electrons. The van der Waals surface area contributed by atoms with Crippen molar-refractivity contribution in [3.63, 3.8) is 0 Å². The van der Waals surface area contributed by atoms with Crippen LogP contribution in [0.3, 0.4) is 0 Å². The summed E-state index contributed by atoms with van der Waals surface area (Å²) in [5, 5.41) is 11.6. The Morgan fingerprint density at radius 1 is 1.48 bits per heavy atom. The quantitative estimate of drug-likeness (QED) is 0.881. The molecule has 2 atom stereocenters. The van der Waals surface area contributed by atoms with Crippen LogP contribution in [0.5, 0.6) is 0 Å². The molecule has 1 aromatic carbocycles. The molecule has 2 heterocycles. The average Bonchev–Trinajstić information content (AvgIpc) is 2.94. The topological polar surface area (TPSA) is 78.5 Å². The zero-order valence-electron chi connectivity index (χ0n) is 13.6. The molecule has 0 saturated carbocycles. The second-order valence-electron chi connectivity index (χ2n) is 6.10. The number of hydrogen-bond acceptors (Lipinski definition) is 5. The van der Waals surface area contributed by atoms with E-state index in [4.69, 9.17) is 4.84 Å². The molecule has 1 aromatic heterocycles. The minimum atomic E-state index is -0.188. The van der Waals surface area contributed by atoms with Crippen molar-refractivity contribution in [1.29, 1.82) is 0 Å². The van der Waals surface area contributed by atoms with Crippen molar-refractivity contribution in [2.24, 2.45) is 0 Å². The van der Waals surface area contributed by atoms with Gasteiger partial charge in [0.1, 0.15) is 11.9 Å². The number of aromatic nitrogens is 2. The largest absolute Gasteiger partial charge is 0.394 e. The van der Waals surface area contributed by atoms with Crippen molar-refractivity contribution in [2.45, 2.75) is 44.8 Å². The van der Waals surface area contributed by atoms with Gasteiger partial charge in [-0.05, 0) is 30.5 Å². The lowest BCUT2D eigenvalue weighted by Gasteiger charge is -2.18. The van der Waals surface area contributed by atoms with Crippen LogP contribution < -0.4 is 5.56 Å². The van der Waals surface area contributed by atoms with E-state index in [1.165, 1.54) is 0 Å². The number of fused-ring (bicyclic) bond motifs is 1. The number of aliphatic hydroxyl groups is 1. The molecule has 23 heavy (non-hydrogen) atoms. The first kappa shape index (κ1) is 16.1. The van der Waals surface area contributed by atoms with Crippen LogP contribution in [0.4, 0.5) is 0 Å². The number of hydrogen-bond donors (Lipinski definition) is 2. The van der Waals surface area contributed by atoms with E-state index in [0.717, 1.165) is 36.2 Å². The Labute approximate surface area is 135 Å². The number of hydroxylamine groups is 2. The molecule has 1 fully saturated rings. The molecule has 1 saturated heterocycles. The van der Waals surface area contributed by atoms with Crippen LogP contribution in [0.15, 0.2) is 23.0 Å². The fourth-order valence-electron chi connectivity index (χ4n) is 3.09. The Morgan fingerprint density at radius 3 is 3.00 bits per heavy atom. The van der Waals surface area contributed by atoms with E-state index in [9.17, 15) is 9.90 Å². The maximum absolute atomic E-state index is 12.3. The third kappa shape index (κ3) is 3.29. The van der Waals surface area contributed by atoms with E-state index in [2.05, 4.69) is 16.9 Å². The highest BCUT2D eigenvalue weighted by molar-refractivity contribution is 5.78. The molecule has 2 aromatic rings. The summed E-state index contributed by atoms with van der Waals surface area (Å²) in [5.41, 5.74) is 1.64. The summed E-state index contributed by atoms with van der Waals surface area (Å²) in [6.07, 6.45) is 3.40. The van der Waals surface area contributed by atoms with Gasteiger partial charge in [0.05, 0.1) is 23.6 Å². The summed E-state index contributed by atoms with van der Waals surface area (Å²) >= 11 is 0. The number of unbranched alkanes of at least 4 members (excludes halogenated alkanes) is 1. The smallest absolute Gasteiger partial charge is 0.280 e. The Kier molecular flexibility index (Phi) is 4.75. The van der Waals surface area contributed by atoms with Crippen LogP contribution in [-0.4, -0.2) is 39.9 Å². The maximum atomic E-state index is 12.3. The maximum Gasteiger partial charge on any atom is 0.280 e. The van der Waals surface area contributed by atoms with Gasteiger partial charge < -0.3 is 10.1 Å². The van der Waals surface area contributed by atoms with Gasteiger partial charge in [-0.15, -0.1) is 0 Å². The molecule has 1 aliphatic heterocycles. The fourth-order valence-corrected chi connectivity index (χ4v) is 3.09. The molecule has 6 nitrogen and oxygen atoms in total. The number of nitrogens with one attached hydrogen (secondary N) is 1. The molecular weight excluding hydrogens is 294 g/mol. The van der Waals surface area contributed by atoms with Gasteiger partial charge in [-0.1, -0.05) is 19.4 Å². The molecule has 1 aliphatic rings. The zero-order valence-corrected chi connectivity index (χ0v) is 13.6. The van der Waals surface area contributed by atoms with E-state index in [-0.39, 0.29) is 24.3 Å². The van der Waals surface area contributed by atoms with Crippen molar-refractivity contribution < 1.29 is 9.94 Å². The molecule has 0 amide bonds. The molecule has 2 N–H and O–H groups in total. The van der Waals surface area contributed by atoms with Gasteiger partial charge >= 0.3 is 0 Å². The highest BCUT2D eigenvalue weighted by Gasteiger charge is 2.31. The Hall–Kier alpha value is -1.76. The minimum Gasteiger partial charge on any atom is -0.394 e. The summed E-state index contributed by atoms with van der Waals surface area (Å²) in [5.74, 6) is 0.749. The van der Waals surface area contributed by atoms with Crippen molar-refractivity contribution >= 4 is 10.9 Å². The van der Waals surface area contributed by atoms with Crippen LogP contribution >= 0.6 is 0 Å². The van der Waals surface area contributed by atoms with Gasteiger partial charge in [0.2, 0.25) is 0 Å². The van der Waals surface area contributed by atoms with E-state index in [1.807, 2.05) is 25.2 Å². The predicted octanol–water partition coefficient (Wildman–Crippen LogP) is 1.93. The van der Waals surface area contributed by atoms with Gasteiger partial charge in [0, 0.05) is 13.5 Å². The number of aryl methyl sites for hydroxylation is 1. The minimum absolute atomic E-state index is 0.00263. The molecule has 0 unspecified atom stereocenters. The number of aromatic amines is 1. The van der Waals surface area contributed by atoms with Crippen LogP contribution in [0.1, 0.15) is 43.6 Å². The number of nitrogens with zero attached hydrogens (tertiary/aromatic N) is 2. The van der Waals surface area contributed by atoms with Crippen LogP contribution in [0.25, 0.3) is 10.9 Å². The van der Waals surface area contributed by atoms with Gasteiger partial charge in [-0.3, -0.25) is 9.63 Å². The highest BCUT2D eigenvalue weighted by Crippen LogP contribution is 2.33. The number of H-pyrrole nitrogens is 1. The summed E-state index contributed by atoms with van der Waals surface area (Å²) in [7, 11) is 1.85. The molecule has 0 aliphatic carbocycles. The second kappa shape index (κ2) is 6.78. The van der Waals surface area contributed by atoms with Gasteiger partial charge in [0.15, 0.2) is 0 Å². The third-order valence-corrected chi connectivity index (χ3v) is 4.39. The normalized spacial score (nSPS) is 22.0. The summed E-state index contributed by atoms with van der Waals surface area (Å²) in [4.78, 5) is 25.3. The molecular formula is C17H23N3O3. The number of aliphatic hydroxyl groups excluding tert-OH is 1. The Morgan fingerprint density at radius 2 is 2.30 bits per heavy atom. The van der Waals surface area contributed by atoms with E-state index in [0.29, 0.717) is 11.8 Å². The lowest BCUT2D eigenvalue weighted by Crippen LogP contribution is -2.18. The van der Waals surface area contributed by atoms with Gasteiger partial charge in [-0.2, -0.15) is 10.0 Å². The van der Waals surface area contributed by atoms with E-state index < -0.39 is 0 Å². The number of benzene rings is 1. The van der Waals surface area contributed by atoms with Crippen molar-refractivity contribution in [1.82, 2.24) is 15.0 Å². The van der Waals surface area contributed by atoms with Gasteiger partial charge in [-0.25, -0.2) is 0 Å². The third-order valence-electron chi connectivity index (χ3n) is 4.39. The highest BCUT2D eigenvalue weighted by atomic mass is 16.7. The first-order chi connectivity index (χ1) is 11.1. The monoisotopic (exact) mass is 317 g/mol. The molecule has 6 heteroatoms. The van der Waals surface area contributed by atoms with Crippen LogP contribution in [0, 0.1) is 0 Å². The van der Waals surface area contributed by atoms with Crippen LogP contribution in [-0.2, 0) is 11.3 Å². The SMILES string of the molecule is CCCCc1nc(=O)c2cc([C@@H]3C[C@H](CO)ON3C)ccc2[nH]1. The first-order valence-corrected chi connectivity index (χ1v) is 8.15. The summed E-state index contributed by atoms with van der Waals surface area (Å²) < 4.78 is 0. The zero-order chi connectivity index (χ0) is 16.4. The molecule has 0 bridgehead atoms. The van der Waals surface area contributed by atoms with Crippen molar-refractivity contribution in [2.75, 3.05) is 13.7 Å². The van der Waals surface area contributed by atoms with Crippen LogP contribution in [0.2, 0.25) is 0 Å². The fraction of sp³-hybridized carbons (Fsp3) is 0.529. The Bertz CT molecular complexity index is 743.